The van der Waals surface area contributed by atoms with Crippen LogP contribution in [0.1, 0.15) is 46.0 Å². The van der Waals surface area contributed by atoms with Crippen LogP contribution >= 0.6 is 0 Å². The van der Waals surface area contributed by atoms with Gasteiger partial charge < -0.3 is 19.6 Å². The van der Waals surface area contributed by atoms with E-state index in [1.807, 2.05) is 17.8 Å². The number of pyridine rings is 2. The number of hydrogen-bond acceptors (Lipinski definition) is 8. The average Bonchev–Trinajstić information content (AvgIpc) is 3.56. The van der Waals surface area contributed by atoms with Gasteiger partial charge in [0.25, 0.3) is 11.5 Å². The fourth-order valence-corrected chi connectivity index (χ4v) is 6.36. The summed E-state index contributed by atoms with van der Waals surface area (Å²) < 4.78 is 5.52. The van der Waals surface area contributed by atoms with E-state index in [2.05, 4.69) is 29.9 Å². The van der Waals surface area contributed by atoms with Crippen molar-refractivity contribution < 1.29 is 9.90 Å². The van der Waals surface area contributed by atoms with E-state index in [1.54, 1.807) is 36.5 Å². The van der Waals surface area contributed by atoms with Crippen LogP contribution < -0.4 is 15.8 Å². The lowest BCUT2D eigenvalue weighted by Crippen LogP contribution is -2.41. The van der Waals surface area contributed by atoms with Crippen LogP contribution in [0.5, 0.6) is 0 Å². The molecule has 12 nitrogen and oxygen atoms in total. The molecular formula is C29H33N9O3. The maximum absolute atomic E-state index is 13.7. The average molecular weight is 556 g/mol. The summed E-state index contributed by atoms with van der Waals surface area (Å²) in [7, 11) is 3.72. The highest BCUT2D eigenvalue weighted by molar-refractivity contribution is 6.06. The van der Waals surface area contributed by atoms with Gasteiger partial charge in [-0.2, -0.15) is 4.98 Å². The molecule has 2 N–H and O–H groups in total. The molecule has 0 saturated carbocycles. The fraction of sp³-hybridized carbons (Fsp3) is 0.414. The summed E-state index contributed by atoms with van der Waals surface area (Å²) in [6.45, 7) is 3.17. The van der Waals surface area contributed by atoms with Gasteiger partial charge in [0.15, 0.2) is 0 Å². The number of hydrogen-bond donors (Lipinski definition) is 2. The first-order valence-corrected chi connectivity index (χ1v) is 14.1. The molecule has 1 amide bonds. The number of fused-ring (bicyclic) bond motifs is 4. The lowest BCUT2D eigenvalue weighted by atomic mass is 9.98. The molecule has 0 aromatic carbocycles. The number of rotatable bonds is 5. The van der Waals surface area contributed by atoms with Crippen molar-refractivity contribution in [3.05, 3.63) is 69.3 Å². The predicted molar refractivity (Wildman–Crippen MR) is 153 cm³/mol. The first-order chi connectivity index (χ1) is 19.9. The Morgan fingerprint density at radius 3 is 2.76 bits per heavy atom. The summed E-state index contributed by atoms with van der Waals surface area (Å²) in [4.78, 5) is 39.8. The summed E-state index contributed by atoms with van der Waals surface area (Å²) in [6, 6.07) is 5.58. The molecule has 4 aromatic rings. The number of aliphatic hydroxyl groups is 1. The molecule has 0 bridgehead atoms. The number of aryl methyl sites for hydroxylation is 2. The zero-order chi connectivity index (χ0) is 28.2. The minimum atomic E-state index is -0.311. The van der Waals surface area contributed by atoms with Gasteiger partial charge in [-0.1, -0.05) is 0 Å². The Hall–Kier alpha value is -4.29. The van der Waals surface area contributed by atoms with Crippen LogP contribution in [0.2, 0.25) is 0 Å². The molecule has 0 saturated heterocycles. The third-order valence-corrected chi connectivity index (χ3v) is 8.46. The Labute approximate surface area is 236 Å². The van der Waals surface area contributed by atoms with Gasteiger partial charge in [-0.05, 0) is 62.1 Å². The Kier molecular flexibility index (Phi) is 6.24. The van der Waals surface area contributed by atoms with Gasteiger partial charge in [-0.25, -0.2) is 9.67 Å². The first-order valence-electron chi connectivity index (χ1n) is 14.1. The van der Waals surface area contributed by atoms with E-state index in [-0.39, 0.29) is 18.1 Å². The molecular weight excluding hydrogens is 522 g/mol. The number of likely N-dealkylation sites (N-methyl/N-ethyl adjacent to an activating group) is 1. The highest BCUT2D eigenvalue weighted by Gasteiger charge is 2.32. The highest BCUT2D eigenvalue weighted by Crippen LogP contribution is 2.34. The van der Waals surface area contributed by atoms with E-state index in [9.17, 15) is 14.7 Å². The number of anilines is 3. The molecule has 0 atom stereocenters. The normalized spacial score (nSPS) is 16.9. The van der Waals surface area contributed by atoms with Crippen LogP contribution in [0.25, 0.3) is 11.1 Å². The van der Waals surface area contributed by atoms with Crippen molar-refractivity contribution >= 4 is 23.4 Å². The minimum Gasteiger partial charge on any atom is -0.392 e. The monoisotopic (exact) mass is 555 g/mol. The Balaban J connectivity index is 1.24. The highest BCUT2D eigenvalue weighted by atomic mass is 16.3. The lowest BCUT2D eigenvalue weighted by molar-refractivity contribution is 0.0963. The molecule has 4 aromatic heterocycles. The second kappa shape index (κ2) is 9.96. The quantitative estimate of drug-likeness (QED) is 0.383. The second-order valence-electron chi connectivity index (χ2n) is 11.1. The lowest BCUT2D eigenvalue weighted by Gasteiger charge is -2.30. The predicted octanol–water partition coefficient (Wildman–Crippen LogP) is 2.06. The molecule has 6 heterocycles. The van der Waals surface area contributed by atoms with E-state index in [0.717, 1.165) is 44.6 Å². The molecule has 0 radical (unpaired) electrons. The third kappa shape index (κ3) is 4.34. The van der Waals surface area contributed by atoms with Gasteiger partial charge in [0.2, 0.25) is 5.95 Å². The van der Waals surface area contributed by atoms with Crippen LogP contribution in [0, 0.1) is 0 Å². The van der Waals surface area contributed by atoms with E-state index in [0.29, 0.717) is 59.5 Å². The summed E-state index contributed by atoms with van der Waals surface area (Å²) >= 11 is 0. The summed E-state index contributed by atoms with van der Waals surface area (Å²) in [5, 5.41) is 18.2. The second-order valence-corrected chi connectivity index (χ2v) is 11.1. The number of carbonyl (C=O) groups excluding carboxylic acids is 1. The maximum atomic E-state index is 13.7. The number of nitrogens with one attached hydrogen (secondary N) is 1. The standard InChI is InChI=1S/C29H33N9O3/c1-34-9-12-38-25(16-34)32-29(33-38)31-22-13-19(15-35(2)27(22)40)20-7-8-30-26(21(20)17-39)37-11-10-36-23-6-4-3-5-18(23)14-24(36)28(37)41/h7-8,13-15,39H,3-6,9-12,16-17H2,1-2H3,(H,31,33). The van der Waals surface area contributed by atoms with Gasteiger partial charge in [-0.15, -0.1) is 5.10 Å². The number of nitrogens with zero attached hydrogens (tertiary/aromatic N) is 8. The molecule has 3 aliphatic rings. The summed E-state index contributed by atoms with van der Waals surface area (Å²) in [6.07, 6.45) is 7.70. The third-order valence-electron chi connectivity index (χ3n) is 8.46. The molecule has 0 unspecified atom stereocenters. The van der Waals surface area contributed by atoms with E-state index in [4.69, 9.17) is 0 Å². The molecule has 0 spiro atoms. The van der Waals surface area contributed by atoms with Crippen LogP contribution in [0.3, 0.4) is 0 Å². The van der Waals surface area contributed by atoms with Crippen molar-refractivity contribution in [2.24, 2.45) is 7.05 Å². The Morgan fingerprint density at radius 2 is 1.90 bits per heavy atom. The fourth-order valence-electron chi connectivity index (χ4n) is 6.36. The van der Waals surface area contributed by atoms with Gasteiger partial charge in [0.05, 0.1) is 19.7 Å². The van der Waals surface area contributed by atoms with Crippen molar-refractivity contribution in [1.82, 2.24) is 33.8 Å². The van der Waals surface area contributed by atoms with Crippen LogP contribution in [0.15, 0.2) is 35.4 Å². The SMILES string of the molecule is CN1CCn2nc(Nc3cc(-c4ccnc(N5CCn6c(cc7c6CCCC7)C5=O)c4CO)cn(C)c3=O)nc2C1. The largest absolute Gasteiger partial charge is 0.392 e. The Morgan fingerprint density at radius 1 is 1.05 bits per heavy atom. The van der Waals surface area contributed by atoms with Crippen molar-refractivity contribution in [3.63, 3.8) is 0 Å². The van der Waals surface area contributed by atoms with Crippen LogP contribution in [-0.4, -0.2) is 64.9 Å². The van der Waals surface area contributed by atoms with Crippen molar-refractivity contribution in [2.45, 2.75) is 51.9 Å². The topological polar surface area (TPSA) is 126 Å². The van der Waals surface area contributed by atoms with E-state index < -0.39 is 0 Å². The maximum Gasteiger partial charge on any atom is 0.276 e. The minimum absolute atomic E-state index is 0.103. The Bertz CT molecular complexity index is 1730. The van der Waals surface area contributed by atoms with E-state index in [1.165, 1.54) is 15.8 Å². The number of carbonyl (C=O) groups is 1. The van der Waals surface area contributed by atoms with Crippen LogP contribution in [-0.2, 0) is 46.1 Å². The number of amides is 1. The zero-order valence-electron chi connectivity index (χ0n) is 23.3. The molecule has 41 heavy (non-hydrogen) atoms. The van der Waals surface area contributed by atoms with E-state index >= 15 is 0 Å². The summed E-state index contributed by atoms with van der Waals surface area (Å²) in [5.41, 5.74) is 5.28. The van der Waals surface area contributed by atoms with Crippen molar-refractivity contribution in [3.8, 4) is 11.1 Å². The molecule has 1 aliphatic carbocycles. The van der Waals surface area contributed by atoms with Gasteiger partial charge in [-0.3, -0.25) is 19.4 Å². The zero-order valence-corrected chi connectivity index (χ0v) is 23.3. The number of aromatic nitrogens is 6. The van der Waals surface area contributed by atoms with Gasteiger partial charge >= 0.3 is 0 Å². The number of aliphatic hydroxyl groups excluding tert-OH is 1. The van der Waals surface area contributed by atoms with Crippen molar-refractivity contribution in [2.75, 3.05) is 30.4 Å². The van der Waals surface area contributed by atoms with Crippen molar-refractivity contribution in [1.29, 1.82) is 0 Å². The molecule has 0 fully saturated rings. The van der Waals surface area contributed by atoms with Crippen LogP contribution in [0.4, 0.5) is 17.5 Å². The molecule has 212 valence electrons. The molecule has 12 heteroatoms. The molecule has 2 aliphatic heterocycles. The molecule has 7 rings (SSSR count). The smallest absolute Gasteiger partial charge is 0.276 e. The summed E-state index contributed by atoms with van der Waals surface area (Å²) in [5.74, 6) is 1.55. The van der Waals surface area contributed by atoms with Gasteiger partial charge in [0.1, 0.15) is 23.0 Å². The van der Waals surface area contributed by atoms with Gasteiger partial charge in [0, 0.05) is 55.9 Å². The first kappa shape index (κ1) is 25.7.